The molecule has 0 spiro atoms. The van der Waals surface area contributed by atoms with E-state index in [1.54, 1.807) is 18.2 Å². The van der Waals surface area contributed by atoms with Crippen molar-refractivity contribution in [2.45, 2.75) is 39.3 Å². The SMILES string of the molecule is CCC(C)NC(C)C(=O)Nc1cc(Cl)ccc1Cl. The number of halogens is 2. The Morgan fingerprint density at radius 1 is 1.33 bits per heavy atom. The number of benzene rings is 1. The fourth-order valence-electron chi connectivity index (χ4n) is 1.45. The molecule has 0 bridgehead atoms. The zero-order valence-electron chi connectivity index (χ0n) is 10.8. The Labute approximate surface area is 118 Å². The zero-order valence-corrected chi connectivity index (χ0v) is 12.3. The average Bonchev–Trinajstić information content (AvgIpc) is 2.33. The van der Waals surface area contributed by atoms with E-state index in [-0.39, 0.29) is 11.9 Å². The van der Waals surface area contributed by atoms with E-state index in [1.807, 2.05) is 13.8 Å². The van der Waals surface area contributed by atoms with Crippen molar-refractivity contribution in [1.29, 1.82) is 0 Å². The molecule has 0 aliphatic rings. The van der Waals surface area contributed by atoms with Crippen molar-refractivity contribution in [3.63, 3.8) is 0 Å². The van der Waals surface area contributed by atoms with Gasteiger partial charge in [-0.25, -0.2) is 0 Å². The predicted octanol–water partition coefficient (Wildman–Crippen LogP) is 3.71. The fraction of sp³-hybridized carbons (Fsp3) is 0.462. The monoisotopic (exact) mass is 288 g/mol. The van der Waals surface area contributed by atoms with Gasteiger partial charge in [-0.3, -0.25) is 4.79 Å². The van der Waals surface area contributed by atoms with Gasteiger partial charge in [0.15, 0.2) is 0 Å². The topological polar surface area (TPSA) is 41.1 Å². The maximum atomic E-state index is 12.0. The first kappa shape index (κ1) is 15.3. The minimum Gasteiger partial charge on any atom is -0.323 e. The summed E-state index contributed by atoms with van der Waals surface area (Å²) in [5.74, 6) is -0.125. The van der Waals surface area contributed by atoms with Gasteiger partial charge in [0, 0.05) is 11.1 Å². The third-order valence-electron chi connectivity index (χ3n) is 2.73. The highest BCUT2D eigenvalue weighted by atomic mass is 35.5. The van der Waals surface area contributed by atoms with Crippen molar-refractivity contribution in [3.8, 4) is 0 Å². The Bertz CT molecular complexity index is 423. The maximum absolute atomic E-state index is 12.0. The summed E-state index contributed by atoms with van der Waals surface area (Å²) in [4.78, 5) is 12.0. The molecule has 2 atom stereocenters. The molecule has 0 aliphatic carbocycles. The lowest BCUT2D eigenvalue weighted by Gasteiger charge is -2.18. The van der Waals surface area contributed by atoms with E-state index < -0.39 is 0 Å². The molecule has 18 heavy (non-hydrogen) atoms. The van der Waals surface area contributed by atoms with E-state index in [2.05, 4.69) is 17.6 Å². The van der Waals surface area contributed by atoms with Crippen molar-refractivity contribution in [1.82, 2.24) is 5.32 Å². The van der Waals surface area contributed by atoms with Crippen LogP contribution in [0.3, 0.4) is 0 Å². The lowest BCUT2D eigenvalue weighted by atomic mass is 10.2. The van der Waals surface area contributed by atoms with E-state index in [0.29, 0.717) is 21.8 Å². The Kier molecular flexibility index (Phi) is 5.93. The summed E-state index contributed by atoms with van der Waals surface area (Å²) in [5.41, 5.74) is 0.534. The first-order chi connectivity index (χ1) is 8.43. The molecule has 100 valence electrons. The molecule has 1 aromatic rings. The quantitative estimate of drug-likeness (QED) is 0.867. The molecule has 0 saturated heterocycles. The van der Waals surface area contributed by atoms with Gasteiger partial charge in [0.25, 0.3) is 0 Å². The van der Waals surface area contributed by atoms with Crippen LogP contribution < -0.4 is 10.6 Å². The van der Waals surface area contributed by atoms with Crippen LogP contribution in [0.2, 0.25) is 10.0 Å². The maximum Gasteiger partial charge on any atom is 0.241 e. The largest absolute Gasteiger partial charge is 0.323 e. The van der Waals surface area contributed by atoms with Gasteiger partial charge in [-0.05, 0) is 38.5 Å². The van der Waals surface area contributed by atoms with Crippen LogP contribution in [0.4, 0.5) is 5.69 Å². The zero-order chi connectivity index (χ0) is 13.7. The average molecular weight is 289 g/mol. The second-order valence-electron chi connectivity index (χ2n) is 4.31. The second kappa shape index (κ2) is 6.98. The molecule has 2 N–H and O–H groups in total. The number of nitrogens with one attached hydrogen (secondary N) is 2. The molecule has 0 aliphatic heterocycles. The van der Waals surface area contributed by atoms with Crippen molar-refractivity contribution in [2.75, 3.05) is 5.32 Å². The molecule has 3 nitrogen and oxygen atoms in total. The number of rotatable bonds is 5. The molecule has 1 amide bonds. The van der Waals surface area contributed by atoms with E-state index in [1.165, 1.54) is 0 Å². The van der Waals surface area contributed by atoms with Crippen LogP contribution in [0.15, 0.2) is 18.2 Å². The fourth-order valence-corrected chi connectivity index (χ4v) is 1.79. The van der Waals surface area contributed by atoms with Gasteiger partial charge < -0.3 is 10.6 Å². The summed E-state index contributed by atoms with van der Waals surface area (Å²) in [6.45, 7) is 5.92. The molecule has 1 aromatic carbocycles. The van der Waals surface area contributed by atoms with Gasteiger partial charge in [0.1, 0.15) is 0 Å². The van der Waals surface area contributed by atoms with Crippen molar-refractivity contribution >= 4 is 34.8 Å². The van der Waals surface area contributed by atoms with E-state index in [9.17, 15) is 4.79 Å². The molecule has 0 saturated carbocycles. The number of carbonyl (C=O) groups is 1. The number of carbonyl (C=O) groups excluding carboxylic acids is 1. The van der Waals surface area contributed by atoms with Crippen molar-refractivity contribution in [3.05, 3.63) is 28.2 Å². The van der Waals surface area contributed by atoms with Gasteiger partial charge in [-0.2, -0.15) is 0 Å². The predicted molar refractivity (Wildman–Crippen MR) is 77.4 cm³/mol. The summed E-state index contributed by atoms with van der Waals surface area (Å²) in [7, 11) is 0. The van der Waals surface area contributed by atoms with Crippen LogP contribution in [-0.2, 0) is 4.79 Å². The molecule has 1 rings (SSSR count). The Morgan fingerprint density at radius 2 is 2.00 bits per heavy atom. The van der Waals surface area contributed by atoms with Crippen LogP contribution >= 0.6 is 23.2 Å². The Hall–Kier alpha value is -0.770. The third kappa shape index (κ3) is 4.48. The summed E-state index contributed by atoms with van der Waals surface area (Å²) in [5, 5.41) is 6.97. The van der Waals surface area contributed by atoms with Gasteiger partial charge in [0.2, 0.25) is 5.91 Å². The molecule has 0 heterocycles. The number of hydrogen-bond donors (Lipinski definition) is 2. The molecule has 0 fully saturated rings. The van der Waals surface area contributed by atoms with Crippen LogP contribution in [0.5, 0.6) is 0 Å². The van der Waals surface area contributed by atoms with Gasteiger partial charge in [-0.1, -0.05) is 30.1 Å². The smallest absolute Gasteiger partial charge is 0.241 e. The second-order valence-corrected chi connectivity index (χ2v) is 5.15. The minimum atomic E-state index is -0.282. The molecule has 0 radical (unpaired) electrons. The standard InChI is InChI=1S/C13H18Cl2N2O/c1-4-8(2)16-9(3)13(18)17-12-7-10(14)5-6-11(12)15/h5-9,16H,4H2,1-3H3,(H,17,18). The number of amides is 1. The first-order valence-electron chi connectivity index (χ1n) is 5.96. The number of anilines is 1. The van der Waals surface area contributed by atoms with Crippen LogP contribution in [-0.4, -0.2) is 18.0 Å². The highest BCUT2D eigenvalue weighted by Crippen LogP contribution is 2.25. The van der Waals surface area contributed by atoms with Crippen LogP contribution in [0.25, 0.3) is 0 Å². The highest BCUT2D eigenvalue weighted by Gasteiger charge is 2.15. The van der Waals surface area contributed by atoms with E-state index in [4.69, 9.17) is 23.2 Å². The molecule has 0 aromatic heterocycles. The van der Waals surface area contributed by atoms with E-state index >= 15 is 0 Å². The molecular weight excluding hydrogens is 271 g/mol. The summed E-state index contributed by atoms with van der Waals surface area (Å²) in [6.07, 6.45) is 0.968. The number of hydrogen-bond acceptors (Lipinski definition) is 2. The first-order valence-corrected chi connectivity index (χ1v) is 6.71. The van der Waals surface area contributed by atoms with Gasteiger partial charge in [-0.15, -0.1) is 0 Å². The normalized spacial score (nSPS) is 14.1. The van der Waals surface area contributed by atoms with Crippen molar-refractivity contribution in [2.24, 2.45) is 0 Å². The van der Waals surface area contributed by atoms with Gasteiger partial charge in [0.05, 0.1) is 16.8 Å². The summed E-state index contributed by atoms with van der Waals surface area (Å²) >= 11 is 11.8. The third-order valence-corrected chi connectivity index (χ3v) is 3.29. The minimum absolute atomic E-state index is 0.125. The molecule has 2 unspecified atom stereocenters. The van der Waals surface area contributed by atoms with Crippen molar-refractivity contribution < 1.29 is 4.79 Å². The van der Waals surface area contributed by atoms with Gasteiger partial charge >= 0.3 is 0 Å². The highest BCUT2D eigenvalue weighted by molar-refractivity contribution is 6.35. The molecule has 5 heteroatoms. The van der Waals surface area contributed by atoms with Crippen LogP contribution in [0.1, 0.15) is 27.2 Å². The van der Waals surface area contributed by atoms with E-state index in [0.717, 1.165) is 6.42 Å². The Morgan fingerprint density at radius 3 is 2.61 bits per heavy atom. The lowest BCUT2D eigenvalue weighted by Crippen LogP contribution is -2.42. The Balaban J connectivity index is 2.66. The lowest BCUT2D eigenvalue weighted by molar-refractivity contribution is -0.117. The molecular formula is C13H18Cl2N2O. The van der Waals surface area contributed by atoms with Crippen LogP contribution in [0, 0.1) is 0 Å². The summed E-state index contributed by atoms with van der Waals surface area (Å²) in [6, 6.07) is 4.99. The summed E-state index contributed by atoms with van der Waals surface area (Å²) < 4.78 is 0.